The van der Waals surface area contributed by atoms with Crippen LogP contribution in [-0.2, 0) is 10.0 Å². The van der Waals surface area contributed by atoms with E-state index in [0.29, 0.717) is 0 Å². The first-order valence-electron chi connectivity index (χ1n) is 5.04. The number of rotatable bonds is 3. The van der Waals surface area contributed by atoms with Gasteiger partial charge in [-0.05, 0) is 28.1 Å². The molecule has 0 aliphatic rings. The van der Waals surface area contributed by atoms with Crippen molar-refractivity contribution in [2.75, 3.05) is 10.5 Å². The van der Waals surface area contributed by atoms with Crippen molar-refractivity contribution in [3.05, 3.63) is 40.0 Å². The zero-order chi connectivity index (χ0) is 14.9. The van der Waals surface area contributed by atoms with Gasteiger partial charge in [0.05, 0.1) is 5.69 Å². The number of sulfonamides is 1. The Morgan fingerprint density at radius 2 is 2.00 bits per heavy atom. The molecule has 10 heteroatoms. The van der Waals surface area contributed by atoms with Crippen LogP contribution in [0.2, 0.25) is 5.15 Å². The fourth-order valence-electron chi connectivity index (χ4n) is 1.33. The molecule has 2 rings (SSSR count). The zero-order valence-corrected chi connectivity index (χ0v) is 12.8. The molecular formula is C10H7BrClFN4O2S. The lowest BCUT2D eigenvalue weighted by molar-refractivity contribution is 0.599. The maximum atomic E-state index is 13.2. The summed E-state index contributed by atoms with van der Waals surface area (Å²) in [6, 6.07) is 3.21. The van der Waals surface area contributed by atoms with Gasteiger partial charge < -0.3 is 5.73 Å². The summed E-state index contributed by atoms with van der Waals surface area (Å²) in [7, 11) is -3.99. The van der Waals surface area contributed by atoms with E-state index in [1.807, 2.05) is 0 Å². The van der Waals surface area contributed by atoms with Gasteiger partial charge in [-0.3, -0.25) is 4.72 Å². The van der Waals surface area contributed by atoms with E-state index in [-0.39, 0.29) is 26.0 Å². The highest BCUT2D eigenvalue weighted by atomic mass is 79.9. The van der Waals surface area contributed by atoms with Crippen LogP contribution in [0.25, 0.3) is 0 Å². The van der Waals surface area contributed by atoms with Crippen LogP contribution < -0.4 is 10.5 Å². The second-order valence-corrected chi connectivity index (χ2v) is 6.53. The Morgan fingerprint density at radius 1 is 1.30 bits per heavy atom. The van der Waals surface area contributed by atoms with Crippen molar-refractivity contribution in [2.24, 2.45) is 0 Å². The molecule has 0 saturated heterocycles. The summed E-state index contributed by atoms with van der Waals surface area (Å²) >= 11 is 8.60. The normalized spacial score (nSPS) is 11.3. The molecule has 0 radical (unpaired) electrons. The average Bonchev–Trinajstić information content (AvgIpc) is 2.33. The van der Waals surface area contributed by atoms with Crippen LogP contribution in [-0.4, -0.2) is 18.4 Å². The lowest BCUT2D eigenvalue weighted by Gasteiger charge is -2.10. The molecule has 1 aromatic carbocycles. The van der Waals surface area contributed by atoms with Crippen molar-refractivity contribution in [3.63, 3.8) is 0 Å². The molecule has 0 fully saturated rings. The third kappa shape index (κ3) is 3.17. The fourth-order valence-corrected chi connectivity index (χ4v) is 3.53. The van der Waals surface area contributed by atoms with Crippen molar-refractivity contribution >= 4 is 49.1 Å². The summed E-state index contributed by atoms with van der Waals surface area (Å²) in [5.41, 5.74) is 5.09. The first kappa shape index (κ1) is 14.9. The van der Waals surface area contributed by atoms with Crippen LogP contribution in [0.15, 0.2) is 33.9 Å². The Hall–Kier alpha value is -1.45. The van der Waals surface area contributed by atoms with Gasteiger partial charge in [-0.15, -0.1) is 0 Å². The summed E-state index contributed by atoms with van der Waals surface area (Å²) < 4.78 is 39.8. The summed E-state index contributed by atoms with van der Waals surface area (Å²) in [5.74, 6) is -0.735. The minimum atomic E-state index is -3.99. The largest absolute Gasteiger partial charge is 0.396 e. The number of nitrogens with zero attached hydrogens (tertiary/aromatic N) is 2. The number of aromatic nitrogens is 2. The van der Waals surface area contributed by atoms with Gasteiger partial charge in [-0.2, -0.15) is 0 Å². The summed E-state index contributed by atoms with van der Waals surface area (Å²) in [4.78, 5) is 7.12. The molecule has 0 spiro atoms. The number of nitrogens with one attached hydrogen (secondary N) is 1. The van der Waals surface area contributed by atoms with Gasteiger partial charge in [0.25, 0.3) is 10.0 Å². The van der Waals surface area contributed by atoms with E-state index >= 15 is 0 Å². The number of hydrogen-bond acceptors (Lipinski definition) is 5. The third-order valence-corrected chi connectivity index (χ3v) is 4.73. The molecule has 0 unspecified atom stereocenters. The molecular weight excluding hydrogens is 375 g/mol. The molecule has 3 N–H and O–H groups in total. The minimum absolute atomic E-state index is 0.0141. The second-order valence-electron chi connectivity index (χ2n) is 3.64. The Morgan fingerprint density at radius 3 is 2.65 bits per heavy atom. The third-order valence-electron chi connectivity index (χ3n) is 2.21. The standard InChI is InChI=1S/C10H7BrClFN4O2S/c11-5-1-6(13)7(14)2-8(5)20(18,19)17-10-3-9(12)15-4-16-10/h1-4H,14H2,(H,15,16,17). The predicted octanol–water partition coefficient (Wildman–Crippen LogP) is 2.41. The van der Waals surface area contributed by atoms with Gasteiger partial charge in [-0.25, -0.2) is 22.8 Å². The van der Waals surface area contributed by atoms with Gasteiger partial charge in [0.1, 0.15) is 28.0 Å². The first-order chi connectivity index (χ1) is 9.29. The molecule has 0 aliphatic carbocycles. The van der Waals surface area contributed by atoms with Gasteiger partial charge >= 0.3 is 0 Å². The Kier molecular flexibility index (Phi) is 4.11. The monoisotopic (exact) mass is 380 g/mol. The minimum Gasteiger partial charge on any atom is -0.396 e. The molecule has 0 aliphatic heterocycles. The van der Waals surface area contributed by atoms with Crippen molar-refractivity contribution < 1.29 is 12.8 Å². The highest BCUT2D eigenvalue weighted by molar-refractivity contribution is 9.10. The first-order valence-corrected chi connectivity index (χ1v) is 7.70. The maximum Gasteiger partial charge on any atom is 0.264 e. The Balaban J connectivity index is 2.43. The molecule has 1 aromatic heterocycles. The van der Waals surface area contributed by atoms with Crippen molar-refractivity contribution in [3.8, 4) is 0 Å². The lowest BCUT2D eigenvalue weighted by Crippen LogP contribution is -2.15. The van der Waals surface area contributed by atoms with E-state index in [0.717, 1.165) is 18.5 Å². The van der Waals surface area contributed by atoms with Gasteiger partial charge in [0.2, 0.25) is 0 Å². The quantitative estimate of drug-likeness (QED) is 0.628. The highest BCUT2D eigenvalue weighted by Crippen LogP contribution is 2.28. The Labute approximate surface area is 127 Å². The number of nitrogen functional groups attached to an aromatic ring is 1. The fraction of sp³-hybridized carbons (Fsp3) is 0. The molecule has 20 heavy (non-hydrogen) atoms. The maximum absolute atomic E-state index is 13.2. The highest BCUT2D eigenvalue weighted by Gasteiger charge is 2.20. The second kappa shape index (κ2) is 5.51. The van der Waals surface area contributed by atoms with Crippen molar-refractivity contribution in [1.82, 2.24) is 9.97 Å². The van der Waals surface area contributed by atoms with E-state index in [2.05, 4.69) is 30.6 Å². The molecule has 0 saturated carbocycles. The zero-order valence-electron chi connectivity index (χ0n) is 9.64. The number of halogens is 3. The van der Waals surface area contributed by atoms with Gasteiger partial charge in [-0.1, -0.05) is 11.6 Å². The van der Waals surface area contributed by atoms with E-state index in [9.17, 15) is 12.8 Å². The average molecular weight is 382 g/mol. The van der Waals surface area contributed by atoms with Crippen LogP contribution in [0.5, 0.6) is 0 Å². The van der Waals surface area contributed by atoms with Crippen LogP contribution >= 0.6 is 27.5 Å². The smallest absolute Gasteiger partial charge is 0.264 e. The molecule has 0 bridgehead atoms. The topological polar surface area (TPSA) is 98.0 Å². The SMILES string of the molecule is Nc1cc(S(=O)(=O)Nc2cc(Cl)ncn2)c(Br)cc1F. The van der Waals surface area contributed by atoms with Gasteiger partial charge in [0.15, 0.2) is 0 Å². The van der Waals surface area contributed by atoms with E-state index < -0.39 is 15.8 Å². The summed E-state index contributed by atoms with van der Waals surface area (Å²) in [5, 5.41) is 0.0791. The number of hydrogen-bond donors (Lipinski definition) is 2. The molecule has 6 nitrogen and oxygen atoms in total. The molecule has 0 atom stereocenters. The van der Waals surface area contributed by atoms with Crippen LogP contribution in [0.4, 0.5) is 15.9 Å². The summed E-state index contributed by atoms with van der Waals surface area (Å²) in [6.07, 6.45) is 1.11. The lowest BCUT2D eigenvalue weighted by atomic mass is 10.3. The number of nitrogens with two attached hydrogens (primary N) is 1. The van der Waals surface area contributed by atoms with E-state index in [4.69, 9.17) is 17.3 Å². The molecule has 2 aromatic rings. The molecule has 0 amide bonds. The van der Waals surface area contributed by atoms with Crippen LogP contribution in [0.1, 0.15) is 0 Å². The van der Waals surface area contributed by atoms with E-state index in [1.165, 1.54) is 6.07 Å². The number of anilines is 2. The van der Waals surface area contributed by atoms with Gasteiger partial charge in [0, 0.05) is 10.5 Å². The Bertz CT molecular complexity index is 772. The molecule has 106 valence electrons. The van der Waals surface area contributed by atoms with Crippen molar-refractivity contribution in [2.45, 2.75) is 4.90 Å². The molecule has 1 heterocycles. The van der Waals surface area contributed by atoms with Crippen LogP contribution in [0.3, 0.4) is 0 Å². The predicted molar refractivity (Wildman–Crippen MR) is 76.4 cm³/mol. The van der Waals surface area contributed by atoms with Crippen LogP contribution in [0, 0.1) is 5.82 Å². The summed E-state index contributed by atoms with van der Waals surface area (Å²) in [6.45, 7) is 0. The van der Waals surface area contributed by atoms with E-state index in [1.54, 1.807) is 0 Å². The number of benzene rings is 1. The van der Waals surface area contributed by atoms with Crippen molar-refractivity contribution in [1.29, 1.82) is 0 Å².